The minimum Gasteiger partial charge on any atom is -0.486 e. The Labute approximate surface area is 157 Å². The number of nitrogens with one attached hydrogen (secondary N) is 1. The summed E-state index contributed by atoms with van der Waals surface area (Å²) in [6.45, 7) is 4.66. The summed E-state index contributed by atoms with van der Waals surface area (Å²) in [6, 6.07) is 5.11. The molecule has 1 aromatic carbocycles. The van der Waals surface area contributed by atoms with Gasteiger partial charge in [0.2, 0.25) is 5.91 Å². The highest BCUT2D eigenvalue weighted by Crippen LogP contribution is 2.38. The largest absolute Gasteiger partial charge is 0.486 e. The van der Waals surface area contributed by atoms with E-state index in [1.165, 1.54) is 0 Å². The van der Waals surface area contributed by atoms with Crippen LogP contribution in [-0.4, -0.2) is 59.5 Å². The van der Waals surface area contributed by atoms with Crippen LogP contribution in [0.4, 0.5) is 4.79 Å². The molecule has 0 unspecified atom stereocenters. The molecule has 1 N–H and O–H groups in total. The van der Waals surface area contributed by atoms with Crippen LogP contribution in [-0.2, 0) is 9.59 Å². The SMILES string of the molecule is CC1(C)NC(=O)N(CC(=O)N2CCC[C@@H]2c2ccc3c(c2)OCCO3)C1=O. The third kappa shape index (κ3) is 3.09. The lowest BCUT2D eigenvalue weighted by molar-refractivity contribution is -0.139. The first kappa shape index (κ1) is 17.6. The van der Waals surface area contributed by atoms with Gasteiger partial charge in [-0.15, -0.1) is 0 Å². The van der Waals surface area contributed by atoms with E-state index < -0.39 is 11.6 Å². The highest BCUT2D eigenvalue weighted by Gasteiger charge is 2.45. The molecule has 2 fully saturated rings. The second-order valence-electron chi connectivity index (χ2n) is 7.59. The molecule has 0 aromatic heterocycles. The number of nitrogens with zero attached hydrogens (tertiary/aromatic N) is 2. The molecule has 3 aliphatic heterocycles. The molecule has 0 aliphatic carbocycles. The monoisotopic (exact) mass is 373 g/mol. The lowest BCUT2D eigenvalue weighted by Gasteiger charge is -2.28. The number of carbonyl (C=O) groups excluding carboxylic acids is 3. The number of imide groups is 1. The first-order valence-electron chi connectivity index (χ1n) is 9.20. The average molecular weight is 373 g/mol. The fraction of sp³-hybridized carbons (Fsp3) is 0.526. The quantitative estimate of drug-likeness (QED) is 0.811. The zero-order chi connectivity index (χ0) is 19.2. The summed E-state index contributed by atoms with van der Waals surface area (Å²) in [4.78, 5) is 40.0. The number of likely N-dealkylation sites (tertiary alicyclic amines) is 1. The van der Waals surface area contributed by atoms with Gasteiger partial charge in [0, 0.05) is 6.54 Å². The highest BCUT2D eigenvalue weighted by molar-refractivity contribution is 6.08. The number of amides is 4. The van der Waals surface area contributed by atoms with Crippen molar-refractivity contribution in [2.24, 2.45) is 0 Å². The molecular formula is C19H23N3O5. The van der Waals surface area contributed by atoms with E-state index in [9.17, 15) is 14.4 Å². The normalized spacial score (nSPS) is 23.6. The molecular weight excluding hydrogens is 350 g/mol. The molecule has 0 bridgehead atoms. The first-order valence-corrected chi connectivity index (χ1v) is 9.20. The van der Waals surface area contributed by atoms with Crippen molar-refractivity contribution in [3.05, 3.63) is 23.8 Å². The van der Waals surface area contributed by atoms with Crippen LogP contribution in [0.5, 0.6) is 11.5 Å². The van der Waals surface area contributed by atoms with Crippen molar-refractivity contribution >= 4 is 17.8 Å². The lowest BCUT2D eigenvalue weighted by Crippen LogP contribution is -2.44. The third-order valence-electron chi connectivity index (χ3n) is 5.26. The fourth-order valence-electron chi connectivity index (χ4n) is 3.87. The molecule has 27 heavy (non-hydrogen) atoms. The maximum Gasteiger partial charge on any atom is 0.325 e. The van der Waals surface area contributed by atoms with Gasteiger partial charge in [-0.1, -0.05) is 6.07 Å². The lowest BCUT2D eigenvalue weighted by atomic mass is 10.0. The van der Waals surface area contributed by atoms with Crippen molar-refractivity contribution in [1.29, 1.82) is 0 Å². The maximum absolute atomic E-state index is 12.9. The van der Waals surface area contributed by atoms with Gasteiger partial charge in [0.25, 0.3) is 5.91 Å². The predicted molar refractivity (Wildman–Crippen MR) is 95.4 cm³/mol. The number of ether oxygens (including phenoxy) is 2. The van der Waals surface area contributed by atoms with Crippen molar-refractivity contribution in [1.82, 2.24) is 15.1 Å². The molecule has 8 heteroatoms. The molecule has 1 aromatic rings. The Morgan fingerprint density at radius 3 is 2.67 bits per heavy atom. The van der Waals surface area contributed by atoms with Crippen molar-refractivity contribution in [3.8, 4) is 11.5 Å². The van der Waals surface area contributed by atoms with Crippen molar-refractivity contribution in [2.75, 3.05) is 26.3 Å². The molecule has 2 saturated heterocycles. The van der Waals surface area contributed by atoms with Gasteiger partial charge in [0.05, 0.1) is 6.04 Å². The number of benzene rings is 1. The molecule has 0 saturated carbocycles. The van der Waals surface area contributed by atoms with Gasteiger partial charge in [-0.05, 0) is 44.4 Å². The Morgan fingerprint density at radius 1 is 1.22 bits per heavy atom. The molecule has 3 heterocycles. The third-order valence-corrected chi connectivity index (χ3v) is 5.26. The minimum absolute atomic E-state index is 0.0953. The van der Waals surface area contributed by atoms with Gasteiger partial charge in [-0.2, -0.15) is 0 Å². The van der Waals surface area contributed by atoms with Gasteiger partial charge < -0.3 is 19.7 Å². The average Bonchev–Trinajstić information content (AvgIpc) is 3.20. The highest BCUT2D eigenvalue weighted by atomic mass is 16.6. The maximum atomic E-state index is 12.9. The number of hydrogen-bond acceptors (Lipinski definition) is 5. The summed E-state index contributed by atoms with van der Waals surface area (Å²) < 4.78 is 11.2. The Balaban J connectivity index is 1.51. The van der Waals surface area contributed by atoms with Crippen molar-refractivity contribution in [2.45, 2.75) is 38.3 Å². The predicted octanol–water partition coefficient (Wildman–Crippen LogP) is 1.45. The second kappa shape index (κ2) is 6.44. The van der Waals surface area contributed by atoms with Gasteiger partial charge in [0.15, 0.2) is 11.5 Å². The van der Waals surface area contributed by atoms with E-state index in [-0.39, 0.29) is 24.4 Å². The van der Waals surface area contributed by atoms with E-state index in [1.54, 1.807) is 18.7 Å². The van der Waals surface area contributed by atoms with Crippen LogP contribution in [0.1, 0.15) is 38.3 Å². The Bertz CT molecular complexity index is 807. The molecule has 3 aliphatic rings. The molecule has 144 valence electrons. The minimum atomic E-state index is -0.975. The Morgan fingerprint density at radius 2 is 1.96 bits per heavy atom. The van der Waals surface area contributed by atoms with Gasteiger partial charge in [-0.3, -0.25) is 14.5 Å². The zero-order valence-corrected chi connectivity index (χ0v) is 15.5. The summed E-state index contributed by atoms with van der Waals surface area (Å²) in [7, 11) is 0. The number of rotatable bonds is 3. The Kier molecular flexibility index (Phi) is 4.20. The molecule has 4 amide bonds. The van der Waals surface area contributed by atoms with E-state index in [0.717, 1.165) is 23.3 Å². The molecule has 4 rings (SSSR count). The van der Waals surface area contributed by atoms with Crippen LogP contribution in [0.2, 0.25) is 0 Å². The summed E-state index contributed by atoms with van der Waals surface area (Å²) in [5.74, 6) is 0.792. The summed E-state index contributed by atoms with van der Waals surface area (Å²) in [5, 5.41) is 2.60. The van der Waals surface area contributed by atoms with Crippen LogP contribution < -0.4 is 14.8 Å². The van der Waals surface area contributed by atoms with E-state index in [2.05, 4.69) is 5.32 Å². The molecule has 8 nitrogen and oxygen atoms in total. The molecule has 0 spiro atoms. The van der Waals surface area contributed by atoms with E-state index in [4.69, 9.17) is 9.47 Å². The van der Waals surface area contributed by atoms with Crippen molar-refractivity contribution < 1.29 is 23.9 Å². The van der Waals surface area contributed by atoms with Gasteiger partial charge >= 0.3 is 6.03 Å². The topological polar surface area (TPSA) is 88.2 Å². The van der Waals surface area contributed by atoms with E-state index in [1.807, 2.05) is 18.2 Å². The number of hydrogen-bond donors (Lipinski definition) is 1. The van der Waals surface area contributed by atoms with Crippen LogP contribution in [0.3, 0.4) is 0 Å². The van der Waals surface area contributed by atoms with Crippen LogP contribution in [0.15, 0.2) is 18.2 Å². The summed E-state index contributed by atoms with van der Waals surface area (Å²) >= 11 is 0. The van der Waals surface area contributed by atoms with E-state index in [0.29, 0.717) is 31.3 Å². The molecule has 0 radical (unpaired) electrons. The summed E-state index contributed by atoms with van der Waals surface area (Å²) in [5.41, 5.74) is 0.0000601. The zero-order valence-electron chi connectivity index (χ0n) is 15.5. The fourth-order valence-corrected chi connectivity index (χ4v) is 3.87. The standard InChI is InChI=1S/C19H23N3O5/c1-19(2)17(24)22(18(25)20-19)11-16(23)21-7-3-4-13(21)12-5-6-14-15(10-12)27-9-8-26-14/h5-6,10,13H,3-4,7-9,11H2,1-2H3,(H,20,25)/t13-/m1/s1. The van der Waals surface area contributed by atoms with E-state index >= 15 is 0 Å². The second-order valence-corrected chi connectivity index (χ2v) is 7.59. The number of carbonyl (C=O) groups is 3. The number of urea groups is 1. The molecule has 1 atom stereocenters. The number of fused-ring (bicyclic) bond motifs is 1. The summed E-state index contributed by atoms with van der Waals surface area (Å²) in [6.07, 6.45) is 1.70. The van der Waals surface area contributed by atoms with Gasteiger partial charge in [0.1, 0.15) is 25.3 Å². The smallest absolute Gasteiger partial charge is 0.325 e. The van der Waals surface area contributed by atoms with Crippen LogP contribution in [0, 0.1) is 0 Å². The van der Waals surface area contributed by atoms with Crippen LogP contribution in [0.25, 0.3) is 0 Å². The van der Waals surface area contributed by atoms with Crippen LogP contribution >= 0.6 is 0 Å². The first-order chi connectivity index (χ1) is 12.9. The van der Waals surface area contributed by atoms with Crippen molar-refractivity contribution in [3.63, 3.8) is 0 Å². The van der Waals surface area contributed by atoms with Gasteiger partial charge in [-0.25, -0.2) is 4.79 Å². The Hall–Kier alpha value is -2.77.